The summed E-state index contributed by atoms with van der Waals surface area (Å²) in [6, 6.07) is 11.9. The van der Waals surface area contributed by atoms with Crippen molar-refractivity contribution < 1.29 is 4.79 Å². The molecule has 0 radical (unpaired) electrons. The average Bonchev–Trinajstić information content (AvgIpc) is 2.34. The molecule has 2 N–H and O–H groups in total. The third kappa shape index (κ3) is 3.86. The van der Waals surface area contributed by atoms with Gasteiger partial charge in [0.2, 0.25) is 0 Å². The van der Waals surface area contributed by atoms with E-state index in [4.69, 9.17) is 23.2 Å². The van der Waals surface area contributed by atoms with Gasteiger partial charge in [0.05, 0.1) is 15.7 Å². The van der Waals surface area contributed by atoms with Crippen molar-refractivity contribution in [1.29, 1.82) is 0 Å². The van der Waals surface area contributed by atoms with Gasteiger partial charge in [0.1, 0.15) is 0 Å². The minimum Gasteiger partial charge on any atom is -0.308 e. The highest BCUT2D eigenvalue weighted by atomic mass is 79.9. The Kier molecular flexibility index (Phi) is 4.69. The SMILES string of the molecule is O=C(Nc1cccc(Br)c1)Nc1c(Cl)cccc1Cl. The summed E-state index contributed by atoms with van der Waals surface area (Å²) in [6.45, 7) is 0. The molecule has 2 aromatic rings. The van der Waals surface area contributed by atoms with Crippen LogP contribution < -0.4 is 10.6 Å². The molecule has 0 unspecified atom stereocenters. The fourth-order valence-corrected chi connectivity index (χ4v) is 2.35. The second-order valence-corrected chi connectivity index (χ2v) is 5.42. The van der Waals surface area contributed by atoms with Crippen LogP contribution in [0.5, 0.6) is 0 Å². The number of carbonyl (C=O) groups is 1. The van der Waals surface area contributed by atoms with Crippen LogP contribution in [0.2, 0.25) is 10.0 Å². The van der Waals surface area contributed by atoms with Crippen LogP contribution in [-0.2, 0) is 0 Å². The monoisotopic (exact) mass is 358 g/mol. The molecule has 0 heterocycles. The van der Waals surface area contributed by atoms with Crippen molar-refractivity contribution in [2.75, 3.05) is 10.6 Å². The summed E-state index contributed by atoms with van der Waals surface area (Å²) >= 11 is 15.3. The fraction of sp³-hybridized carbons (Fsp3) is 0. The average molecular weight is 360 g/mol. The van der Waals surface area contributed by atoms with E-state index in [0.29, 0.717) is 21.4 Å². The van der Waals surface area contributed by atoms with Crippen LogP contribution >= 0.6 is 39.1 Å². The van der Waals surface area contributed by atoms with Crippen LogP contribution in [-0.4, -0.2) is 6.03 Å². The van der Waals surface area contributed by atoms with Gasteiger partial charge in [-0.05, 0) is 30.3 Å². The Labute approximate surface area is 129 Å². The molecule has 3 nitrogen and oxygen atoms in total. The zero-order valence-electron chi connectivity index (χ0n) is 9.58. The summed E-state index contributed by atoms with van der Waals surface area (Å²) < 4.78 is 0.876. The molecule has 2 rings (SSSR count). The van der Waals surface area contributed by atoms with E-state index in [9.17, 15) is 4.79 Å². The van der Waals surface area contributed by atoms with Gasteiger partial charge in [0.25, 0.3) is 0 Å². The third-order valence-corrected chi connectivity index (χ3v) is 3.41. The van der Waals surface area contributed by atoms with Crippen molar-refractivity contribution in [3.05, 3.63) is 57.0 Å². The first-order chi connectivity index (χ1) is 9.06. The predicted molar refractivity (Wildman–Crippen MR) is 83.2 cm³/mol. The number of anilines is 2. The molecule has 2 aromatic carbocycles. The Hall–Kier alpha value is -1.23. The summed E-state index contributed by atoms with van der Waals surface area (Å²) in [5.74, 6) is 0. The molecule has 0 aliphatic carbocycles. The van der Waals surface area contributed by atoms with Gasteiger partial charge in [-0.2, -0.15) is 0 Å². The number of urea groups is 1. The van der Waals surface area contributed by atoms with Crippen molar-refractivity contribution >= 4 is 56.5 Å². The number of amides is 2. The van der Waals surface area contributed by atoms with Crippen molar-refractivity contribution in [2.24, 2.45) is 0 Å². The lowest BCUT2D eigenvalue weighted by Crippen LogP contribution is -2.19. The standard InChI is InChI=1S/C13H9BrCl2N2O/c14-8-3-1-4-9(7-8)17-13(19)18-12-10(15)5-2-6-11(12)16/h1-7H,(H2,17,18,19). The zero-order chi connectivity index (χ0) is 13.8. The molecule has 0 atom stereocenters. The lowest BCUT2D eigenvalue weighted by atomic mass is 10.3. The molecule has 98 valence electrons. The number of hydrogen-bond acceptors (Lipinski definition) is 1. The van der Waals surface area contributed by atoms with E-state index in [2.05, 4.69) is 26.6 Å². The van der Waals surface area contributed by atoms with Crippen molar-refractivity contribution in [2.45, 2.75) is 0 Å². The molecule has 0 fully saturated rings. The summed E-state index contributed by atoms with van der Waals surface area (Å²) in [5.41, 5.74) is 1.05. The Balaban J connectivity index is 2.10. The van der Waals surface area contributed by atoms with Gasteiger partial charge in [0.15, 0.2) is 0 Å². The van der Waals surface area contributed by atoms with Gasteiger partial charge in [0, 0.05) is 10.2 Å². The quantitative estimate of drug-likeness (QED) is 0.740. The number of rotatable bonds is 2. The van der Waals surface area contributed by atoms with E-state index in [-0.39, 0.29) is 0 Å². The topological polar surface area (TPSA) is 41.1 Å². The summed E-state index contributed by atoms with van der Waals surface area (Å²) in [4.78, 5) is 11.8. The molecule has 0 bridgehead atoms. The van der Waals surface area contributed by atoms with Gasteiger partial charge in [-0.25, -0.2) is 4.79 Å². The molecule has 0 saturated heterocycles. The summed E-state index contributed by atoms with van der Waals surface area (Å²) in [7, 11) is 0. The minimum absolute atomic E-state index is 0.386. The van der Waals surface area contributed by atoms with Crippen LogP contribution in [0, 0.1) is 0 Å². The van der Waals surface area contributed by atoms with Crippen LogP contribution in [0.1, 0.15) is 0 Å². The van der Waals surface area contributed by atoms with Crippen molar-refractivity contribution in [1.82, 2.24) is 0 Å². The van der Waals surface area contributed by atoms with E-state index >= 15 is 0 Å². The number of halogens is 3. The number of para-hydroxylation sites is 1. The van der Waals surface area contributed by atoms with E-state index in [1.165, 1.54) is 0 Å². The van der Waals surface area contributed by atoms with Gasteiger partial charge >= 0.3 is 6.03 Å². The van der Waals surface area contributed by atoms with Crippen LogP contribution in [0.3, 0.4) is 0 Å². The smallest absolute Gasteiger partial charge is 0.308 e. The molecule has 0 aliphatic rings. The van der Waals surface area contributed by atoms with Gasteiger partial charge in [-0.3, -0.25) is 0 Å². The molecule has 0 spiro atoms. The fourth-order valence-electron chi connectivity index (χ4n) is 1.46. The molecule has 0 aliphatic heterocycles. The van der Waals surface area contributed by atoms with Crippen molar-refractivity contribution in [3.8, 4) is 0 Å². The van der Waals surface area contributed by atoms with E-state index in [1.54, 1.807) is 30.3 Å². The molecule has 0 aromatic heterocycles. The largest absolute Gasteiger partial charge is 0.323 e. The van der Waals surface area contributed by atoms with Crippen molar-refractivity contribution in [3.63, 3.8) is 0 Å². The lowest BCUT2D eigenvalue weighted by molar-refractivity contribution is 0.262. The number of hydrogen-bond donors (Lipinski definition) is 2. The number of nitrogens with one attached hydrogen (secondary N) is 2. The van der Waals surface area contributed by atoms with Crippen LogP contribution in [0.4, 0.5) is 16.2 Å². The first-order valence-electron chi connectivity index (χ1n) is 5.34. The number of benzene rings is 2. The number of carbonyl (C=O) groups excluding carboxylic acids is 1. The molecule has 2 amide bonds. The summed E-state index contributed by atoms with van der Waals surface area (Å²) in [6.07, 6.45) is 0. The Morgan fingerprint density at radius 2 is 1.63 bits per heavy atom. The molecule has 19 heavy (non-hydrogen) atoms. The second kappa shape index (κ2) is 6.28. The normalized spacial score (nSPS) is 10.1. The van der Waals surface area contributed by atoms with Crippen LogP contribution in [0.15, 0.2) is 46.9 Å². The highest BCUT2D eigenvalue weighted by Crippen LogP contribution is 2.29. The minimum atomic E-state index is -0.409. The maximum Gasteiger partial charge on any atom is 0.323 e. The molecular formula is C13H9BrCl2N2O. The van der Waals surface area contributed by atoms with Gasteiger partial charge in [-0.15, -0.1) is 0 Å². The van der Waals surface area contributed by atoms with E-state index < -0.39 is 6.03 Å². The second-order valence-electron chi connectivity index (χ2n) is 3.69. The highest BCUT2D eigenvalue weighted by Gasteiger charge is 2.09. The van der Waals surface area contributed by atoms with Gasteiger partial charge < -0.3 is 10.6 Å². The Morgan fingerprint density at radius 1 is 1.00 bits per heavy atom. The maximum atomic E-state index is 11.8. The maximum absolute atomic E-state index is 11.8. The highest BCUT2D eigenvalue weighted by molar-refractivity contribution is 9.10. The predicted octanol–water partition coefficient (Wildman–Crippen LogP) is 5.40. The molecular weight excluding hydrogens is 351 g/mol. The zero-order valence-corrected chi connectivity index (χ0v) is 12.7. The molecule has 6 heteroatoms. The first kappa shape index (κ1) is 14.2. The van der Waals surface area contributed by atoms with E-state index in [1.807, 2.05) is 12.1 Å². The third-order valence-electron chi connectivity index (χ3n) is 2.28. The van der Waals surface area contributed by atoms with Gasteiger partial charge in [-0.1, -0.05) is 51.3 Å². The lowest BCUT2D eigenvalue weighted by Gasteiger charge is -2.10. The Morgan fingerprint density at radius 3 is 2.26 bits per heavy atom. The van der Waals surface area contributed by atoms with E-state index in [0.717, 1.165) is 4.47 Å². The molecule has 0 saturated carbocycles. The van der Waals surface area contributed by atoms with Crippen LogP contribution in [0.25, 0.3) is 0 Å². The first-order valence-corrected chi connectivity index (χ1v) is 6.89. The Bertz CT molecular complexity index is 599. The summed E-state index contributed by atoms with van der Waals surface area (Å²) in [5, 5.41) is 6.08.